The topological polar surface area (TPSA) is 43.8 Å². The first-order valence-corrected chi connectivity index (χ1v) is 4.46. The molecule has 66 valence electrons. The predicted molar refractivity (Wildman–Crippen MR) is 47.6 cm³/mol. The highest BCUT2D eigenvalue weighted by atomic mass is 15.3. The molecule has 0 amide bonds. The lowest BCUT2D eigenvalue weighted by atomic mass is 9.85. The Bertz CT molecular complexity index is 290. The number of rotatable bonds is 0. The third kappa shape index (κ3) is 1.05. The molecule has 1 aromatic heterocycles. The molecule has 0 bridgehead atoms. The van der Waals surface area contributed by atoms with Crippen LogP contribution in [0.25, 0.3) is 0 Å². The molecule has 0 saturated heterocycles. The first-order chi connectivity index (χ1) is 5.68. The normalized spacial score (nSPS) is 28.6. The van der Waals surface area contributed by atoms with Gasteiger partial charge in [0.15, 0.2) is 0 Å². The third-order valence-electron chi connectivity index (χ3n) is 2.75. The molecule has 2 rings (SSSR count). The van der Waals surface area contributed by atoms with Crippen LogP contribution in [-0.4, -0.2) is 9.78 Å². The predicted octanol–water partition coefficient (Wildman–Crippen LogP) is 1.00. The van der Waals surface area contributed by atoms with Crippen molar-refractivity contribution in [3.8, 4) is 0 Å². The lowest BCUT2D eigenvalue weighted by molar-refractivity contribution is 0.410. The molecule has 2 N–H and O–H groups in total. The molecular formula is C9H15N3. The summed E-state index contributed by atoms with van der Waals surface area (Å²) < 4.78 is 1.86. The number of hydrogen-bond donors (Lipinski definition) is 1. The smallest absolute Gasteiger partial charge is 0.0672 e. The van der Waals surface area contributed by atoms with E-state index in [1.54, 1.807) is 0 Å². The summed E-state index contributed by atoms with van der Waals surface area (Å²) in [4.78, 5) is 0. The average Bonchev–Trinajstić information content (AvgIpc) is 2.39. The Hall–Kier alpha value is -0.830. The number of aromatic nitrogens is 2. The third-order valence-corrected chi connectivity index (χ3v) is 2.75. The fraction of sp³-hybridized carbons (Fsp3) is 0.667. The van der Waals surface area contributed by atoms with Crippen LogP contribution in [0.5, 0.6) is 0 Å². The fourth-order valence-corrected chi connectivity index (χ4v) is 1.88. The van der Waals surface area contributed by atoms with Gasteiger partial charge in [0.05, 0.1) is 5.69 Å². The zero-order chi connectivity index (χ0) is 8.72. The van der Waals surface area contributed by atoms with Crippen LogP contribution < -0.4 is 5.73 Å². The molecule has 0 fully saturated rings. The lowest BCUT2D eigenvalue weighted by Crippen LogP contribution is -2.24. The van der Waals surface area contributed by atoms with E-state index < -0.39 is 0 Å². The molecule has 1 aromatic rings. The Morgan fingerprint density at radius 3 is 3.17 bits per heavy atom. The van der Waals surface area contributed by atoms with E-state index in [1.807, 2.05) is 11.7 Å². The molecule has 12 heavy (non-hydrogen) atoms. The summed E-state index contributed by atoms with van der Waals surface area (Å²) in [5, 5.41) is 4.37. The van der Waals surface area contributed by atoms with E-state index in [9.17, 15) is 0 Å². The highest BCUT2D eigenvalue weighted by molar-refractivity contribution is 5.24. The van der Waals surface area contributed by atoms with Crippen molar-refractivity contribution in [2.75, 3.05) is 0 Å². The Balaban J connectivity index is 2.41. The monoisotopic (exact) mass is 165 g/mol. The highest BCUT2D eigenvalue weighted by Gasteiger charge is 2.25. The molecule has 0 aromatic carbocycles. The molecule has 1 heterocycles. The molecule has 3 nitrogen and oxygen atoms in total. The van der Waals surface area contributed by atoms with Crippen molar-refractivity contribution < 1.29 is 0 Å². The summed E-state index contributed by atoms with van der Waals surface area (Å²) in [6.45, 7) is 2.21. The second kappa shape index (κ2) is 2.59. The minimum absolute atomic E-state index is 0.197. The van der Waals surface area contributed by atoms with Gasteiger partial charge in [-0.05, 0) is 18.8 Å². The van der Waals surface area contributed by atoms with Crippen molar-refractivity contribution >= 4 is 0 Å². The first kappa shape index (κ1) is 7.80. The first-order valence-electron chi connectivity index (χ1n) is 4.46. The zero-order valence-electron chi connectivity index (χ0n) is 7.62. The molecular weight excluding hydrogens is 150 g/mol. The van der Waals surface area contributed by atoms with E-state index in [2.05, 4.69) is 18.2 Å². The van der Waals surface area contributed by atoms with Crippen molar-refractivity contribution in [1.82, 2.24) is 9.78 Å². The van der Waals surface area contributed by atoms with Crippen molar-refractivity contribution in [1.29, 1.82) is 0 Å². The van der Waals surface area contributed by atoms with Crippen molar-refractivity contribution in [2.24, 2.45) is 18.7 Å². The van der Waals surface area contributed by atoms with Gasteiger partial charge >= 0.3 is 0 Å². The van der Waals surface area contributed by atoms with Crippen molar-refractivity contribution in [3.63, 3.8) is 0 Å². The van der Waals surface area contributed by atoms with Crippen LogP contribution in [0.15, 0.2) is 6.20 Å². The molecule has 1 aliphatic rings. The van der Waals surface area contributed by atoms with E-state index in [0.717, 1.165) is 6.42 Å². The van der Waals surface area contributed by atoms with E-state index in [-0.39, 0.29) is 6.04 Å². The molecule has 2 unspecified atom stereocenters. The van der Waals surface area contributed by atoms with Crippen LogP contribution in [0.3, 0.4) is 0 Å². The molecule has 2 atom stereocenters. The zero-order valence-corrected chi connectivity index (χ0v) is 7.62. The summed E-state index contributed by atoms with van der Waals surface area (Å²) in [5.74, 6) is 0.599. The standard InChI is InChI=1S/C9H15N3/c1-6-3-4-8-7(9(6)10)5-12(2)11-8/h5-6,9H,3-4,10H2,1-2H3. The molecule has 0 spiro atoms. The molecule has 1 aliphatic carbocycles. The van der Waals surface area contributed by atoms with Crippen LogP contribution in [0.2, 0.25) is 0 Å². The number of nitrogens with zero attached hydrogens (tertiary/aromatic N) is 2. The maximum absolute atomic E-state index is 6.05. The van der Waals surface area contributed by atoms with Gasteiger partial charge in [-0.25, -0.2) is 0 Å². The maximum atomic E-state index is 6.05. The molecule has 0 saturated carbocycles. The van der Waals surface area contributed by atoms with Gasteiger partial charge in [-0.2, -0.15) is 5.10 Å². The maximum Gasteiger partial charge on any atom is 0.0672 e. The van der Waals surface area contributed by atoms with Crippen LogP contribution in [-0.2, 0) is 13.5 Å². The van der Waals surface area contributed by atoms with Gasteiger partial charge in [-0.1, -0.05) is 6.92 Å². The summed E-state index contributed by atoms with van der Waals surface area (Å²) in [5.41, 5.74) is 8.49. The van der Waals surface area contributed by atoms with Crippen LogP contribution in [0.4, 0.5) is 0 Å². The summed E-state index contributed by atoms with van der Waals surface area (Å²) in [7, 11) is 1.95. The summed E-state index contributed by atoms with van der Waals surface area (Å²) in [6.07, 6.45) is 4.31. The van der Waals surface area contributed by atoms with Crippen LogP contribution in [0.1, 0.15) is 30.6 Å². The summed E-state index contributed by atoms with van der Waals surface area (Å²) >= 11 is 0. The minimum atomic E-state index is 0.197. The van der Waals surface area contributed by atoms with E-state index in [1.165, 1.54) is 17.7 Å². The van der Waals surface area contributed by atoms with Gasteiger partial charge in [-0.3, -0.25) is 4.68 Å². The Morgan fingerprint density at radius 2 is 2.42 bits per heavy atom. The number of hydrogen-bond acceptors (Lipinski definition) is 2. The van der Waals surface area contributed by atoms with Gasteiger partial charge in [0.1, 0.15) is 0 Å². The van der Waals surface area contributed by atoms with Crippen LogP contribution >= 0.6 is 0 Å². The molecule has 3 heteroatoms. The second-order valence-corrected chi connectivity index (χ2v) is 3.75. The highest BCUT2D eigenvalue weighted by Crippen LogP contribution is 2.31. The van der Waals surface area contributed by atoms with Gasteiger partial charge < -0.3 is 5.73 Å². The van der Waals surface area contributed by atoms with Gasteiger partial charge in [0.2, 0.25) is 0 Å². The Morgan fingerprint density at radius 1 is 1.67 bits per heavy atom. The van der Waals surface area contributed by atoms with Gasteiger partial charge in [0.25, 0.3) is 0 Å². The van der Waals surface area contributed by atoms with Crippen molar-refractivity contribution in [2.45, 2.75) is 25.8 Å². The minimum Gasteiger partial charge on any atom is -0.324 e. The van der Waals surface area contributed by atoms with E-state index in [4.69, 9.17) is 5.73 Å². The van der Waals surface area contributed by atoms with E-state index in [0.29, 0.717) is 5.92 Å². The average molecular weight is 165 g/mol. The van der Waals surface area contributed by atoms with Gasteiger partial charge in [0, 0.05) is 24.8 Å². The number of aryl methyl sites for hydroxylation is 2. The molecule has 0 aliphatic heterocycles. The van der Waals surface area contributed by atoms with E-state index >= 15 is 0 Å². The number of fused-ring (bicyclic) bond motifs is 1. The Kier molecular flexibility index (Phi) is 1.68. The van der Waals surface area contributed by atoms with Crippen molar-refractivity contribution in [3.05, 3.63) is 17.5 Å². The lowest BCUT2D eigenvalue weighted by Gasteiger charge is -2.24. The second-order valence-electron chi connectivity index (χ2n) is 3.75. The Labute approximate surface area is 72.6 Å². The quantitative estimate of drug-likeness (QED) is 0.623. The number of nitrogens with two attached hydrogens (primary N) is 1. The largest absolute Gasteiger partial charge is 0.324 e. The summed E-state index contributed by atoms with van der Waals surface area (Å²) in [6, 6.07) is 0.197. The van der Waals surface area contributed by atoms with Crippen LogP contribution in [0, 0.1) is 5.92 Å². The van der Waals surface area contributed by atoms with Gasteiger partial charge in [-0.15, -0.1) is 0 Å². The SMILES string of the molecule is CC1CCc2nn(C)cc2C1N. The molecule has 0 radical (unpaired) electrons. The fourth-order valence-electron chi connectivity index (χ4n) is 1.88.